The summed E-state index contributed by atoms with van der Waals surface area (Å²) < 4.78 is 28.2. The number of carbonyl (C=O) groups excluding carboxylic acids is 4. The molecule has 4 amide bonds. The standard InChI is InChI=1S/C38H44N6O9/c45-35-6-5-34(36(46)41-35)44-37(47)29-4-2-27(24-30(29)38(44)48)53-22-21-52-20-19-51-18-17-50-16-15-49-14-13-42-9-11-43(12-10-42)26-1-3-28-31-25-39-8-7-32(31)40-33(28)23-26/h1-4,7-8,23-25,34,40H,5-6,9-22H2,(H,41,45,46). The van der Waals surface area contributed by atoms with Gasteiger partial charge in [-0.3, -0.25) is 39.3 Å². The lowest BCUT2D eigenvalue weighted by molar-refractivity contribution is -0.136. The number of rotatable bonds is 18. The number of nitrogens with one attached hydrogen (secondary N) is 2. The predicted molar refractivity (Wildman–Crippen MR) is 194 cm³/mol. The molecule has 15 heteroatoms. The van der Waals surface area contributed by atoms with Gasteiger partial charge < -0.3 is 33.6 Å². The van der Waals surface area contributed by atoms with Crippen molar-refractivity contribution in [3.05, 3.63) is 66.0 Å². The van der Waals surface area contributed by atoms with Crippen molar-refractivity contribution in [2.24, 2.45) is 0 Å². The number of ether oxygens (including phenoxy) is 5. The lowest BCUT2D eigenvalue weighted by Gasteiger charge is -2.36. The van der Waals surface area contributed by atoms with E-state index in [-0.39, 0.29) is 30.6 Å². The summed E-state index contributed by atoms with van der Waals surface area (Å²) in [5, 5.41) is 4.55. The molecule has 280 valence electrons. The van der Waals surface area contributed by atoms with E-state index in [0.717, 1.165) is 54.0 Å². The Morgan fingerprint density at radius 2 is 1.40 bits per heavy atom. The molecule has 0 bridgehead atoms. The molecule has 0 spiro atoms. The number of piperidine rings is 1. The van der Waals surface area contributed by atoms with E-state index in [0.29, 0.717) is 58.6 Å². The van der Waals surface area contributed by atoms with Gasteiger partial charge in [0.25, 0.3) is 11.8 Å². The van der Waals surface area contributed by atoms with Crippen LogP contribution in [0.1, 0.15) is 33.6 Å². The first kappa shape index (κ1) is 36.4. The normalized spacial score (nSPS) is 18.0. The van der Waals surface area contributed by atoms with E-state index in [1.54, 1.807) is 6.07 Å². The molecular formula is C38H44N6O9. The molecule has 2 N–H and O–H groups in total. The topological polar surface area (TPSA) is 165 Å². The number of imide groups is 2. The van der Waals surface area contributed by atoms with Gasteiger partial charge in [0.1, 0.15) is 18.4 Å². The van der Waals surface area contributed by atoms with Crippen LogP contribution in [-0.4, -0.2) is 142 Å². The Hall–Kier alpha value is -4.93. The van der Waals surface area contributed by atoms with Gasteiger partial charge in [0.15, 0.2) is 0 Å². The number of benzene rings is 2. The third kappa shape index (κ3) is 8.66. The molecule has 0 aliphatic carbocycles. The Kier molecular flexibility index (Phi) is 11.9. The zero-order valence-corrected chi connectivity index (χ0v) is 29.6. The first-order valence-electron chi connectivity index (χ1n) is 18.1. The van der Waals surface area contributed by atoms with Gasteiger partial charge in [0.2, 0.25) is 11.8 Å². The minimum Gasteiger partial charge on any atom is -0.491 e. The van der Waals surface area contributed by atoms with Gasteiger partial charge >= 0.3 is 0 Å². The third-order valence-corrected chi connectivity index (χ3v) is 9.70. The van der Waals surface area contributed by atoms with Gasteiger partial charge in [-0.1, -0.05) is 6.07 Å². The minimum absolute atomic E-state index is 0.0679. The highest BCUT2D eigenvalue weighted by atomic mass is 16.6. The lowest BCUT2D eigenvalue weighted by Crippen LogP contribution is -2.54. The molecule has 2 aromatic heterocycles. The molecule has 3 aliphatic rings. The van der Waals surface area contributed by atoms with E-state index in [1.807, 2.05) is 18.5 Å². The molecule has 1 atom stereocenters. The number of pyridine rings is 1. The van der Waals surface area contributed by atoms with Gasteiger partial charge in [-0.15, -0.1) is 0 Å². The number of anilines is 1. The van der Waals surface area contributed by atoms with Crippen molar-refractivity contribution in [3.63, 3.8) is 0 Å². The highest BCUT2D eigenvalue weighted by molar-refractivity contribution is 6.23. The quantitative estimate of drug-likeness (QED) is 0.114. The van der Waals surface area contributed by atoms with Crippen LogP contribution in [0.4, 0.5) is 5.69 Å². The lowest BCUT2D eigenvalue weighted by atomic mass is 10.0. The molecule has 3 aliphatic heterocycles. The molecule has 5 heterocycles. The number of hydrogen-bond donors (Lipinski definition) is 2. The van der Waals surface area contributed by atoms with Crippen LogP contribution in [0.5, 0.6) is 5.75 Å². The van der Waals surface area contributed by atoms with Gasteiger partial charge in [-0.25, -0.2) is 0 Å². The second-order valence-electron chi connectivity index (χ2n) is 13.1. The van der Waals surface area contributed by atoms with Crippen LogP contribution in [0.25, 0.3) is 21.8 Å². The van der Waals surface area contributed by atoms with E-state index in [2.05, 4.69) is 43.3 Å². The Labute approximate surface area is 306 Å². The van der Waals surface area contributed by atoms with Crippen molar-refractivity contribution in [1.82, 2.24) is 25.1 Å². The molecule has 2 aromatic carbocycles. The molecule has 2 fully saturated rings. The Balaban J connectivity index is 0.677. The fraction of sp³-hybridized carbons (Fsp3) is 0.447. The average molecular weight is 729 g/mol. The number of carbonyl (C=O) groups is 4. The molecule has 0 radical (unpaired) electrons. The fourth-order valence-electron chi connectivity index (χ4n) is 6.87. The van der Waals surface area contributed by atoms with E-state index >= 15 is 0 Å². The summed E-state index contributed by atoms with van der Waals surface area (Å²) in [5.41, 5.74) is 3.86. The van der Waals surface area contributed by atoms with Gasteiger partial charge in [-0.05, 0) is 42.8 Å². The third-order valence-electron chi connectivity index (χ3n) is 9.70. The number of H-pyrrole nitrogens is 1. The van der Waals surface area contributed by atoms with E-state index < -0.39 is 29.7 Å². The predicted octanol–water partition coefficient (Wildman–Crippen LogP) is 2.38. The average Bonchev–Trinajstić information content (AvgIpc) is 3.66. The summed E-state index contributed by atoms with van der Waals surface area (Å²) >= 11 is 0. The van der Waals surface area contributed by atoms with Crippen molar-refractivity contribution in [3.8, 4) is 5.75 Å². The van der Waals surface area contributed by atoms with Crippen molar-refractivity contribution in [1.29, 1.82) is 0 Å². The molecule has 7 rings (SSSR count). The van der Waals surface area contributed by atoms with Crippen LogP contribution >= 0.6 is 0 Å². The van der Waals surface area contributed by atoms with Gasteiger partial charge in [0, 0.05) is 79.0 Å². The number of amides is 4. The summed E-state index contributed by atoms with van der Waals surface area (Å²) in [6, 6.07) is 12.2. The molecule has 53 heavy (non-hydrogen) atoms. The van der Waals surface area contributed by atoms with Crippen LogP contribution in [0.2, 0.25) is 0 Å². The van der Waals surface area contributed by atoms with Crippen LogP contribution < -0.4 is 15.0 Å². The first-order valence-corrected chi connectivity index (χ1v) is 18.1. The zero-order valence-electron chi connectivity index (χ0n) is 29.6. The molecule has 1 unspecified atom stereocenters. The number of fused-ring (bicyclic) bond motifs is 4. The minimum atomic E-state index is -1.01. The summed E-state index contributed by atoms with van der Waals surface area (Å²) in [5.74, 6) is -1.79. The summed E-state index contributed by atoms with van der Waals surface area (Å²) in [6.07, 6.45) is 3.90. The maximum Gasteiger partial charge on any atom is 0.262 e. The first-order chi connectivity index (χ1) is 26.0. The van der Waals surface area contributed by atoms with Crippen molar-refractivity contribution in [2.75, 3.05) is 97.1 Å². The SMILES string of the molecule is O=C1CCC(N2C(=O)c3ccc(OCCOCCOCCOCCOCCN4CCN(c5ccc6c(c5)[nH]c5ccncc56)CC4)cc3C2=O)C(=O)N1. The largest absolute Gasteiger partial charge is 0.491 e. The molecule has 2 saturated heterocycles. The van der Waals surface area contributed by atoms with E-state index in [4.69, 9.17) is 23.7 Å². The maximum atomic E-state index is 13.0. The van der Waals surface area contributed by atoms with E-state index in [9.17, 15) is 19.2 Å². The van der Waals surface area contributed by atoms with Crippen LogP contribution in [-0.2, 0) is 28.5 Å². The zero-order chi connectivity index (χ0) is 36.6. The number of nitrogens with zero attached hydrogens (tertiary/aromatic N) is 4. The monoisotopic (exact) mass is 728 g/mol. The second-order valence-corrected chi connectivity index (χ2v) is 13.1. The Morgan fingerprint density at radius 1 is 0.698 bits per heavy atom. The number of aromatic amines is 1. The molecule has 4 aromatic rings. The molecular weight excluding hydrogens is 684 g/mol. The number of piperazine rings is 1. The van der Waals surface area contributed by atoms with Gasteiger partial charge in [0.05, 0.1) is 64.0 Å². The van der Waals surface area contributed by atoms with Crippen LogP contribution in [0.15, 0.2) is 54.9 Å². The molecule has 0 saturated carbocycles. The fourth-order valence-corrected chi connectivity index (χ4v) is 6.87. The number of hydrogen-bond acceptors (Lipinski definition) is 12. The van der Waals surface area contributed by atoms with Gasteiger partial charge in [-0.2, -0.15) is 0 Å². The highest BCUT2D eigenvalue weighted by Crippen LogP contribution is 2.31. The highest BCUT2D eigenvalue weighted by Gasteiger charge is 2.44. The number of aromatic nitrogens is 2. The Morgan fingerprint density at radius 3 is 2.13 bits per heavy atom. The molecule has 15 nitrogen and oxygen atoms in total. The second kappa shape index (κ2) is 17.3. The van der Waals surface area contributed by atoms with Crippen molar-refractivity contribution < 1.29 is 42.9 Å². The summed E-state index contributed by atoms with van der Waals surface area (Å²) in [6.45, 7) is 8.82. The summed E-state index contributed by atoms with van der Waals surface area (Å²) in [4.78, 5) is 63.0. The summed E-state index contributed by atoms with van der Waals surface area (Å²) in [7, 11) is 0. The van der Waals surface area contributed by atoms with E-state index in [1.165, 1.54) is 23.2 Å². The van der Waals surface area contributed by atoms with Crippen molar-refractivity contribution >= 4 is 51.1 Å². The Bertz CT molecular complexity index is 1940. The smallest absolute Gasteiger partial charge is 0.262 e. The maximum absolute atomic E-state index is 13.0. The van der Waals surface area contributed by atoms with Crippen LogP contribution in [0.3, 0.4) is 0 Å². The van der Waals surface area contributed by atoms with Crippen LogP contribution in [0, 0.1) is 0 Å². The van der Waals surface area contributed by atoms with Crippen molar-refractivity contribution in [2.45, 2.75) is 18.9 Å².